The van der Waals surface area contributed by atoms with Gasteiger partial charge in [0.1, 0.15) is 5.82 Å². The van der Waals surface area contributed by atoms with Crippen LogP contribution in [-0.4, -0.2) is 68.2 Å². The SMILES string of the molecule is CN(C)C(=O)[C@H]1CN(C(=O)NCC2(c3cccc(F)c3)CCCC2)CCO1. The minimum atomic E-state index is -0.622. The molecule has 1 aromatic rings. The number of carbonyl (C=O) groups excluding carboxylic acids is 2. The molecule has 1 aromatic carbocycles. The Hall–Kier alpha value is -2.15. The van der Waals surface area contributed by atoms with E-state index in [4.69, 9.17) is 4.74 Å². The van der Waals surface area contributed by atoms with Crippen LogP contribution in [0.2, 0.25) is 0 Å². The van der Waals surface area contributed by atoms with Crippen LogP contribution in [0.3, 0.4) is 0 Å². The van der Waals surface area contributed by atoms with Gasteiger partial charge in [-0.25, -0.2) is 9.18 Å². The average molecular weight is 377 g/mol. The normalized spacial score (nSPS) is 21.7. The van der Waals surface area contributed by atoms with Gasteiger partial charge in [-0.05, 0) is 30.5 Å². The molecule has 1 aliphatic heterocycles. The van der Waals surface area contributed by atoms with Crippen molar-refractivity contribution in [2.75, 3.05) is 40.3 Å². The minimum Gasteiger partial charge on any atom is -0.365 e. The fourth-order valence-corrected chi connectivity index (χ4v) is 4.07. The zero-order valence-electron chi connectivity index (χ0n) is 16.0. The maximum Gasteiger partial charge on any atom is 0.317 e. The molecule has 0 spiro atoms. The summed E-state index contributed by atoms with van der Waals surface area (Å²) in [5.74, 6) is -0.386. The number of ether oxygens (including phenoxy) is 1. The van der Waals surface area contributed by atoms with Gasteiger partial charge in [-0.2, -0.15) is 0 Å². The molecule has 2 fully saturated rings. The van der Waals surface area contributed by atoms with Gasteiger partial charge in [-0.15, -0.1) is 0 Å². The first-order valence-corrected chi connectivity index (χ1v) is 9.53. The number of nitrogens with zero attached hydrogens (tertiary/aromatic N) is 2. The second kappa shape index (κ2) is 8.25. The van der Waals surface area contributed by atoms with Crippen LogP contribution in [0.4, 0.5) is 9.18 Å². The van der Waals surface area contributed by atoms with E-state index in [9.17, 15) is 14.0 Å². The summed E-state index contributed by atoms with van der Waals surface area (Å²) in [7, 11) is 3.35. The highest BCUT2D eigenvalue weighted by Crippen LogP contribution is 2.40. The van der Waals surface area contributed by atoms with E-state index < -0.39 is 6.10 Å². The third kappa shape index (κ3) is 4.40. The summed E-state index contributed by atoms with van der Waals surface area (Å²) in [6.07, 6.45) is 3.39. The van der Waals surface area contributed by atoms with E-state index in [1.54, 1.807) is 31.1 Å². The third-order valence-electron chi connectivity index (χ3n) is 5.65. The van der Waals surface area contributed by atoms with Gasteiger partial charge in [0, 0.05) is 32.6 Å². The van der Waals surface area contributed by atoms with Gasteiger partial charge >= 0.3 is 6.03 Å². The largest absolute Gasteiger partial charge is 0.365 e. The maximum atomic E-state index is 13.7. The summed E-state index contributed by atoms with van der Waals surface area (Å²) in [4.78, 5) is 27.9. The lowest BCUT2D eigenvalue weighted by atomic mass is 9.79. The summed E-state index contributed by atoms with van der Waals surface area (Å²) in [6.45, 7) is 1.51. The highest BCUT2D eigenvalue weighted by molar-refractivity contribution is 5.82. The number of nitrogens with one attached hydrogen (secondary N) is 1. The molecule has 1 heterocycles. The molecule has 1 saturated heterocycles. The summed E-state index contributed by atoms with van der Waals surface area (Å²) in [5.41, 5.74) is 0.728. The number of halogens is 1. The molecule has 27 heavy (non-hydrogen) atoms. The predicted octanol–water partition coefficient (Wildman–Crippen LogP) is 2.14. The number of morpholine rings is 1. The van der Waals surface area contributed by atoms with Crippen LogP contribution in [0.15, 0.2) is 24.3 Å². The number of hydrogen-bond acceptors (Lipinski definition) is 3. The molecule has 3 amide bonds. The molecule has 0 aromatic heterocycles. The van der Waals surface area contributed by atoms with Crippen LogP contribution >= 0.6 is 0 Å². The number of carbonyl (C=O) groups is 2. The number of amides is 3. The molecule has 2 aliphatic rings. The number of likely N-dealkylation sites (N-methyl/N-ethyl adjacent to an activating group) is 1. The van der Waals surface area contributed by atoms with Gasteiger partial charge in [0.15, 0.2) is 6.10 Å². The van der Waals surface area contributed by atoms with E-state index in [0.29, 0.717) is 19.7 Å². The van der Waals surface area contributed by atoms with E-state index in [1.165, 1.54) is 11.0 Å². The van der Waals surface area contributed by atoms with Gasteiger partial charge in [0.2, 0.25) is 0 Å². The van der Waals surface area contributed by atoms with Crippen molar-refractivity contribution < 1.29 is 18.7 Å². The Morgan fingerprint density at radius 2 is 2.07 bits per heavy atom. The highest BCUT2D eigenvalue weighted by atomic mass is 19.1. The fraction of sp³-hybridized carbons (Fsp3) is 0.600. The van der Waals surface area contributed by atoms with Crippen LogP contribution in [0, 0.1) is 5.82 Å². The molecule has 1 saturated carbocycles. The molecule has 3 rings (SSSR count). The summed E-state index contributed by atoms with van der Waals surface area (Å²) >= 11 is 0. The number of benzene rings is 1. The van der Waals surface area contributed by atoms with E-state index >= 15 is 0 Å². The third-order valence-corrected chi connectivity index (χ3v) is 5.65. The second-order valence-corrected chi connectivity index (χ2v) is 7.69. The van der Waals surface area contributed by atoms with Crippen molar-refractivity contribution in [2.24, 2.45) is 0 Å². The van der Waals surface area contributed by atoms with Crippen molar-refractivity contribution in [3.8, 4) is 0 Å². The Bertz CT molecular complexity index is 689. The Balaban J connectivity index is 1.64. The highest BCUT2D eigenvalue weighted by Gasteiger charge is 2.37. The van der Waals surface area contributed by atoms with Gasteiger partial charge in [0.25, 0.3) is 5.91 Å². The van der Waals surface area contributed by atoms with Crippen LogP contribution < -0.4 is 5.32 Å². The molecule has 6 nitrogen and oxygen atoms in total. The summed E-state index contributed by atoms with van der Waals surface area (Å²) < 4.78 is 19.2. The molecule has 1 N–H and O–H groups in total. The molecular weight excluding hydrogens is 349 g/mol. The Kier molecular flexibility index (Phi) is 5.99. The fourth-order valence-electron chi connectivity index (χ4n) is 4.07. The Morgan fingerprint density at radius 1 is 1.33 bits per heavy atom. The molecular formula is C20H28FN3O3. The monoisotopic (exact) mass is 377 g/mol. The van der Waals surface area contributed by atoms with Crippen molar-refractivity contribution in [2.45, 2.75) is 37.2 Å². The second-order valence-electron chi connectivity index (χ2n) is 7.69. The van der Waals surface area contributed by atoms with Crippen molar-refractivity contribution in [1.82, 2.24) is 15.1 Å². The van der Waals surface area contributed by atoms with E-state index in [1.807, 2.05) is 6.07 Å². The first-order valence-electron chi connectivity index (χ1n) is 9.53. The van der Waals surface area contributed by atoms with Crippen molar-refractivity contribution >= 4 is 11.9 Å². The lowest BCUT2D eigenvalue weighted by Crippen LogP contribution is -2.55. The molecule has 7 heteroatoms. The van der Waals surface area contributed by atoms with Crippen molar-refractivity contribution in [3.63, 3.8) is 0 Å². The zero-order chi connectivity index (χ0) is 19.4. The molecule has 1 atom stereocenters. The maximum absolute atomic E-state index is 13.7. The molecule has 148 valence electrons. The van der Waals surface area contributed by atoms with Crippen molar-refractivity contribution in [3.05, 3.63) is 35.6 Å². The number of urea groups is 1. The Labute approximate surface area is 159 Å². The first kappa shape index (κ1) is 19.6. The summed E-state index contributed by atoms with van der Waals surface area (Å²) in [6, 6.07) is 6.50. The van der Waals surface area contributed by atoms with Crippen LogP contribution in [0.1, 0.15) is 31.2 Å². The Morgan fingerprint density at radius 3 is 2.74 bits per heavy atom. The standard InChI is InChI=1S/C20H28FN3O3/c1-23(2)18(25)17-13-24(10-11-27-17)19(26)22-14-20(8-3-4-9-20)15-6-5-7-16(21)12-15/h5-7,12,17H,3-4,8-11,13-14H2,1-2H3,(H,22,26)/t17-/m1/s1. The lowest BCUT2D eigenvalue weighted by molar-refractivity contribution is -0.145. The first-order chi connectivity index (χ1) is 12.9. The van der Waals surface area contributed by atoms with Crippen LogP contribution in [-0.2, 0) is 14.9 Å². The number of hydrogen-bond donors (Lipinski definition) is 1. The topological polar surface area (TPSA) is 61.9 Å². The van der Waals surface area contributed by atoms with Gasteiger partial charge in [-0.1, -0.05) is 25.0 Å². The molecule has 1 aliphatic carbocycles. The van der Waals surface area contributed by atoms with E-state index in [2.05, 4.69) is 5.32 Å². The van der Waals surface area contributed by atoms with Gasteiger partial charge < -0.3 is 19.9 Å². The molecule has 0 radical (unpaired) electrons. The van der Waals surface area contributed by atoms with Crippen LogP contribution in [0.5, 0.6) is 0 Å². The van der Waals surface area contributed by atoms with Crippen molar-refractivity contribution in [1.29, 1.82) is 0 Å². The minimum absolute atomic E-state index is 0.139. The molecule has 0 unspecified atom stereocenters. The zero-order valence-corrected chi connectivity index (χ0v) is 16.0. The van der Waals surface area contributed by atoms with E-state index in [0.717, 1.165) is 31.2 Å². The quantitative estimate of drug-likeness (QED) is 0.875. The smallest absolute Gasteiger partial charge is 0.317 e. The van der Waals surface area contributed by atoms with E-state index in [-0.39, 0.29) is 29.7 Å². The average Bonchev–Trinajstić information content (AvgIpc) is 3.16. The lowest BCUT2D eigenvalue weighted by Gasteiger charge is -2.35. The summed E-state index contributed by atoms with van der Waals surface area (Å²) in [5, 5.41) is 3.03. The van der Waals surface area contributed by atoms with Crippen LogP contribution in [0.25, 0.3) is 0 Å². The number of rotatable bonds is 4. The van der Waals surface area contributed by atoms with Gasteiger partial charge in [0.05, 0.1) is 13.2 Å². The molecule has 0 bridgehead atoms. The predicted molar refractivity (Wildman–Crippen MR) is 100.0 cm³/mol. The van der Waals surface area contributed by atoms with Gasteiger partial charge in [-0.3, -0.25) is 4.79 Å².